The lowest BCUT2D eigenvalue weighted by atomic mass is 10.2. The van der Waals surface area contributed by atoms with E-state index >= 15 is 0 Å². The van der Waals surface area contributed by atoms with Crippen molar-refractivity contribution in [1.29, 1.82) is 0 Å². The minimum absolute atomic E-state index is 0.291. The van der Waals surface area contributed by atoms with Crippen LogP contribution in [0.25, 0.3) is 0 Å². The molecule has 0 fully saturated rings. The van der Waals surface area contributed by atoms with Crippen molar-refractivity contribution in [1.82, 2.24) is 0 Å². The van der Waals surface area contributed by atoms with E-state index in [0.717, 1.165) is 0 Å². The summed E-state index contributed by atoms with van der Waals surface area (Å²) in [7, 11) is 0. The molecule has 0 radical (unpaired) electrons. The highest BCUT2D eigenvalue weighted by molar-refractivity contribution is 5.68. The maximum absolute atomic E-state index is 10.7. The number of carbonyl (C=O) groups is 1. The third kappa shape index (κ3) is 9.26. The van der Waals surface area contributed by atoms with Crippen LogP contribution in [-0.2, 0) is 24.6 Å². The molecule has 0 amide bonds. The normalized spacial score (nSPS) is 11.4. The molecule has 0 heterocycles. The first-order valence-corrected chi connectivity index (χ1v) is 4.17. The summed E-state index contributed by atoms with van der Waals surface area (Å²) in [6.45, 7) is 7.16. The van der Waals surface area contributed by atoms with Gasteiger partial charge >= 0.3 is 5.97 Å². The highest BCUT2D eigenvalue weighted by Gasteiger charge is 2.13. The Kier molecular flexibility index (Phi) is 5.61. The van der Waals surface area contributed by atoms with Gasteiger partial charge in [-0.3, -0.25) is 4.89 Å². The van der Waals surface area contributed by atoms with Crippen LogP contribution in [0.5, 0.6) is 0 Å². The summed E-state index contributed by atoms with van der Waals surface area (Å²) in [5, 5.41) is 8.22. The average molecular weight is 192 g/mol. The Bertz CT molecular complexity index is 149. The van der Waals surface area contributed by atoms with Crippen molar-refractivity contribution in [2.75, 3.05) is 0 Å². The molecule has 0 N–H and O–H groups in total. The maximum atomic E-state index is 10.7. The van der Waals surface area contributed by atoms with Crippen molar-refractivity contribution in [3.05, 3.63) is 0 Å². The van der Waals surface area contributed by atoms with Crippen LogP contribution < -0.4 is 0 Å². The fraction of sp³-hybridized carbons (Fsp3) is 0.875. The van der Waals surface area contributed by atoms with E-state index in [0.29, 0.717) is 12.8 Å². The lowest BCUT2D eigenvalue weighted by Gasteiger charge is -2.14. The topological polar surface area (TPSA) is 54.0 Å². The number of hydrogen-bond donors (Lipinski definition) is 0. The molecule has 0 aliphatic heterocycles. The van der Waals surface area contributed by atoms with Crippen LogP contribution in [0.4, 0.5) is 0 Å². The molecule has 0 saturated heterocycles. The van der Waals surface area contributed by atoms with Crippen LogP contribution >= 0.6 is 0 Å². The van der Waals surface area contributed by atoms with Gasteiger partial charge in [-0.2, -0.15) is 4.89 Å². The van der Waals surface area contributed by atoms with Gasteiger partial charge in [0.25, 0.3) is 0 Å². The number of carbonyl (C=O) groups excluding carboxylic acids is 1. The third-order valence-corrected chi connectivity index (χ3v) is 0.893. The Labute approximate surface area is 77.7 Å². The van der Waals surface area contributed by atoms with Gasteiger partial charge in [0.1, 0.15) is 0 Å². The van der Waals surface area contributed by atoms with Crippen LogP contribution in [0.2, 0.25) is 0 Å². The SMILES string of the molecule is CCCC(=O)OOOOC(C)(C)C. The first-order chi connectivity index (χ1) is 5.95. The molecule has 0 aliphatic carbocycles. The van der Waals surface area contributed by atoms with Crippen LogP contribution in [-0.4, -0.2) is 11.6 Å². The van der Waals surface area contributed by atoms with Crippen molar-refractivity contribution in [3.8, 4) is 0 Å². The zero-order valence-electron chi connectivity index (χ0n) is 8.46. The lowest BCUT2D eigenvalue weighted by Crippen LogP contribution is -2.20. The second kappa shape index (κ2) is 5.90. The predicted molar refractivity (Wildman–Crippen MR) is 44.0 cm³/mol. The molecule has 0 aromatic rings. The van der Waals surface area contributed by atoms with Gasteiger partial charge in [-0.25, -0.2) is 4.79 Å². The van der Waals surface area contributed by atoms with Crippen LogP contribution in [0.1, 0.15) is 40.5 Å². The molecule has 0 saturated carbocycles. The fourth-order valence-electron chi connectivity index (χ4n) is 0.414. The molecule has 5 nitrogen and oxygen atoms in total. The molecule has 0 atom stereocenters. The zero-order valence-corrected chi connectivity index (χ0v) is 8.46. The summed E-state index contributed by atoms with van der Waals surface area (Å²) < 4.78 is 0. The summed E-state index contributed by atoms with van der Waals surface area (Å²) in [5.74, 6) is -0.486. The summed E-state index contributed by atoms with van der Waals surface area (Å²) in [5.41, 5.74) is -0.503. The second-order valence-corrected chi connectivity index (χ2v) is 3.54. The largest absolute Gasteiger partial charge is 0.345 e. The van der Waals surface area contributed by atoms with E-state index in [4.69, 9.17) is 0 Å². The summed E-state index contributed by atoms with van der Waals surface area (Å²) in [6, 6.07) is 0. The quantitative estimate of drug-likeness (QED) is 0.378. The van der Waals surface area contributed by atoms with Crippen molar-refractivity contribution in [2.24, 2.45) is 0 Å². The zero-order chi connectivity index (χ0) is 10.3. The van der Waals surface area contributed by atoms with E-state index in [2.05, 4.69) is 19.9 Å². The maximum Gasteiger partial charge on any atom is 0.345 e. The van der Waals surface area contributed by atoms with Crippen LogP contribution in [0.3, 0.4) is 0 Å². The van der Waals surface area contributed by atoms with E-state index in [1.165, 1.54) is 0 Å². The molecule has 78 valence electrons. The summed E-state index contributed by atoms with van der Waals surface area (Å²) >= 11 is 0. The van der Waals surface area contributed by atoms with E-state index in [9.17, 15) is 4.79 Å². The molecule has 0 unspecified atom stereocenters. The van der Waals surface area contributed by atoms with Gasteiger partial charge in [-0.1, -0.05) is 6.92 Å². The summed E-state index contributed by atoms with van der Waals surface area (Å²) in [4.78, 5) is 19.5. The molecule has 0 rings (SSSR count). The molecule has 0 bridgehead atoms. The Morgan fingerprint density at radius 3 is 2.31 bits per heavy atom. The Morgan fingerprint density at radius 2 is 1.85 bits per heavy atom. The van der Waals surface area contributed by atoms with Crippen molar-refractivity contribution < 1.29 is 24.6 Å². The molecular weight excluding hydrogens is 176 g/mol. The fourth-order valence-corrected chi connectivity index (χ4v) is 0.414. The predicted octanol–water partition coefficient (Wildman–Crippen LogP) is 1.92. The smallest absolute Gasteiger partial charge is 0.267 e. The Hall–Kier alpha value is -0.650. The molecule has 0 aromatic heterocycles. The highest BCUT2D eigenvalue weighted by atomic mass is 17.7. The monoisotopic (exact) mass is 192 g/mol. The number of hydrogen-bond acceptors (Lipinski definition) is 5. The van der Waals surface area contributed by atoms with E-state index in [1.54, 1.807) is 20.8 Å². The molecule has 0 aliphatic rings. The highest BCUT2D eigenvalue weighted by Crippen LogP contribution is 2.07. The lowest BCUT2D eigenvalue weighted by molar-refractivity contribution is -0.633. The molecule has 13 heavy (non-hydrogen) atoms. The molecular formula is C8H16O5. The second-order valence-electron chi connectivity index (χ2n) is 3.54. The van der Waals surface area contributed by atoms with Gasteiger partial charge in [0, 0.05) is 11.5 Å². The number of rotatable bonds is 5. The van der Waals surface area contributed by atoms with Crippen molar-refractivity contribution >= 4 is 5.97 Å². The first kappa shape index (κ1) is 12.3. The van der Waals surface area contributed by atoms with E-state index in [1.807, 2.05) is 6.92 Å². The standard InChI is InChI=1S/C8H16O5/c1-5-6-7(9)10-12-13-11-8(2,3)4/h5-6H2,1-4H3. The van der Waals surface area contributed by atoms with Gasteiger partial charge in [-0.05, 0) is 32.2 Å². The van der Waals surface area contributed by atoms with Crippen LogP contribution in [0, 0.1) is 0 Å². The summed E-state index contributed by atoms with van der Waals surface area (Å²) in [6.07, 6.45) is 0.987. The molecule has 0 aromatic carbocycles. The van der Waals surface area contributed by atoms with Crippen molar-refractivity contribution in [3.63, 3.8) is 0 Å². The van der Waals surface area contributed by atoms with Gasteiger partial charge in [0.05, 0.1) is 5.60 Å². The van der Waals surface area contributed by atoms with Gasteiger partial charge < -0.3 is 0 Å². The molecule has 5 heteroatoms. The van der Waals surface area contributed by atoms with Crippen molar-refractivity contribution in [2.45, 2.75) is 46.1 Å². The Morgan fingerprint density at radius 1 is 1.23 bits per heavy atom. The minimum atomic E-state index is -0.503. The third-order valence-electron chi connectivity index (χ3n) is 0.893. The first-order valence-electron chi connectivity index (χ1n) is 4.17. The van der Waals surface area contributed by atoms with Gasteiger partial charge in [-0.15, -0.1) is 0 Å². The van der Waals surface area contributed by atoms with E-state index in [-0.39, 0.29) is 0 Å². The Balaban J connectivity index is 3.31. The molecule has 0 spiro atoms. The van der Waals surface area contributed by atoms with Gasteiger partial charge in [0.2, 0.25) is 0 Å². The van der Waals surface area contributed by atoms with E-state index < -0.39 is 11.6 Å². The average Bonchev–Trinajstić information content (AvgIpc) is 1.97. The minimum Gasteiger partial charge on any atom is -0.267 e. The van der Waals surface area contributed by atoms with Crippen LogP contribution in [0.15, 0.2) is 0 Å². The van der Waals surface area contributed by atoms with Gasteiger partial charge in [0.15, 0.2) is 0 Å².